The fourth-order valence-electron chi connectivity index (χ4n) is 2.82. The van der Waals surface area contributed by atoms with Crippen LogP contribution in [-0.2, 0) is 21.3 Å². The van der Waals surface area contributed by atoms with Crippen LogP contribution in [0.1, 0.15) is 27.4 Å². The molecule has 0 spiro atoms. The lowest BCUT2D eigenvalue weighted by Crippen LogP contribution is -2.27. The quantitative estimate of drug-likeness (QED) is 0.570. The molecule has 0 saturated heterocycles. The highest BCUT2D eigenvalue weighted by molar-refractivity contribution is 7.89. The van der Waals surface area contributed by atoms with Crippen molar-refractivity contribution in [3.63, 3.8) is 0 Å². The summed E-state index contributed by atoms with van der Waals surface area (Å²) >= 11 is 0. The summed E-state index contributed by atoms with van der Waals surface area (Å²) in [5.74, 6) is -0.0484. The molecule has 3 aromatic rings. The first-order valence-corrected chi connectivity index (χ1v) is 10.2. The summed E-state index contributed by atoms with van der Waals surface area (Å²) in [5, 5.41) is 3.95. The molecule has 0 amide bonds. The van der Waals surface area contributed by atoms with Gasteiger partial charge in [0.15, 0.2) is 0 Å². The van der Waals surface area contributed by atoms with Crippen LogP contribution in [0, 0.1) is 13.8 Å². The van der Waals surface area contributed by atoms with Crippen LogP contribution in [0.5, 0.6) is 0 Å². The molecule has 0 atom stereocenters. The first kappa shape index (κ1) is 20.7. The summed E-state index contributed by atoms with van der Waals surface area (Å²) in [6.07, 6.45) is 0. The molecule has 0 aliphatic rings. The maximum atomic E-state index is 13.0. The third kappa shape index (κ3) is 4.20. The second-order valence-electron chi connectivity index (χ2n) is 6.56. The van der Waals surface area contributed by atoms with Crippen LogP contribution in [0.15, 0.2) is 51.9 Å². The van der Waals surface area contributed by atoms with E-state index in [-0.39, 0.29) is 22.9 Å². The van der Waals surface area contributed by atoms with Crippen molar-refractivity contribution in [2.75, 3.05) is 14.2 Å². The van der Waals surface area contributed by atoms with E-state index in [4.69, 9.17) is 4.52 Å². The zero-order chi connectivity index (χ0) is 21.2. The lowest BCUT2D eigenvalue weighted by molar-refractivity contribution is 0.0600. The molecule has 0 bridgehead atoms. The molecule has 152 valence electrons. The van der Waals surface area contributed by atoms with Gasteiger partial charge in [-0.25, -0.2) is 13.2 Å². The van der Waals surface area contributed by atoms with E-state index in [1.807, 2.05) is 31.2 Å². The molecule has 0 N–H and O–H groups in total. The van der Waals surface area contributed by atoms with Gasteiger partial charge in [-0.15, -0.1) is 0 Å². The van der Waals surface area contributed by atoms with Gasteiger partial charge in [-0.2, -0.15) is 9.29 Å². The average molecular weight is 415 g/mol. The molecule has 0 radical (unpaired) electrons. The van der Waals surface area contributed by atoms with Crippen LogP contribution in [0.4, 0.5) is 0 Å². The number of aromatic nitrogens is 2. The average Bonchev–Trinajstić information content (AvgIpc) is 3.16. The van der Waals surface area contributed by atoms with Gasteiger partial charge in [0.2, 0.25) is 21.7 Å². The van der Waals surface area contributed by atoms with Crippen LogP contribution < -0.4 is 0 Å². The molecule has 0 fully saturated rings. The van der Waals surface area contributed by atoms with E-state index in [0.717, 1.165) is 15.4 Å². The van der Waals surface area contributed by atoms with E-state index in [1.54, 1.807) is 13.0 Å². The Bertz CT molecular complexity index is 1150. The predicted molar refractivity (Wildman–Crippen MR) is 106 cm³/mol. The van der Waals surface area contributed by atoms with Crippen molar-refractivity contribution in [3.8, 4) is 11.4 Å². The molecule has 3 rings (SSSR count). The normalized spacial score (nSPS) is 11.6. The highest BCUT2D eigenvalue weighted by atomic mass is 32.2. The van der Waals surface area contributed by atoms with Gasteiger partial charge in [-0.05, 0) is 37.1 Å². The van der Waals surface area contributed by atoms with Gasteiger partial charge in [0.25, 0.3) is 0 Å². The maximum Gasteiger partial charge on any atom is 0.337 e. The molecule has 0 saturated carbocycles. The summed E-state index contributed by atoms with van der Waals surface area (Å²) in [7, 11) is -1.24. The lowest BCUT2D eigenvalue weighted by Gasteiger charge is -2.17. The molecule has 9 heteroatoms. The minimum absolute atomic E-state index is 0.0153. The fourth-order valence-corrected chi connectivity index (χ4v) is 4.19. The zero-order valence-electron chi connectivity index (χ0n) is 16.5. The molecular weight excluding hydrogens is 394 g/mol. The molecule has 0 aliphatic carbocycles. The number of benzene rings is 2. The summed E-state index contributed by atoms with van der Waals surface area (Å²) in [6, 6.07) is 12.0. The number of carbonyl (C=O) groups is 1. The van der Waals surface area contributed by atoms with Gasteiger partial charge < -0.3 is 9.26 Å². The smallest absolute Gasteiger partial charge is 0.337 e. The number of ether oxygens (including phenoxy) is 1. The first-order valence-electron chi connectivity index (χ1n) is 8.78. The summed E-state index contributed by atoms with van der Waals surface area (Å²) < 4.78 is 37.1. The Morgan fingerprint density at radius 1 is 1.14 bits per heavy atom. The summed E-state index contributed by atoms with van der Waals surface area (Å²) in [6.45, 7) is 3.48. The van der Waals surface area contributed by atoms with Gasteiger partial charge in [0, 0.05) is 12.6 Å². The van der Waals surface area contributed by atoms with Crippen molar-refractivity contribution >= 4 is 16.0 Å². The van der Waals surface area contributed by atoms with Gasteiger partial charge in [-0.3, -0.25) is 0 Å². The SMILES string of the molecule is COC(=O)c1ccc(C)c(S(=O)(=O)N(C)Cc2nc(-c3ccccc3C)no2)c1. The van der Waals surface area contributed by atoms with E-state index in [1.165, 1.54) is 26.3 Å². The largest absolute Gasteiger partial charge is 0.465 e. The number of hydrogen-bond donors (Lipinski definition) is 0. The van der Waals surface area contributed by atoms with Crippen molar-refractivity contribution in [1.82, 2.24) is 14.4 Å². The molecule has 2 aromatic carbocycles. The van der Waals surface area contributed by atoms with Crippen LogP contribution in [0.2, 0.25) is 0 Å². The van der Waals surface area contributed by atoms with E-state index in [2.05, 4.69) is 14.9 Å². The Kier molecular flexibility index (Phi) is 5.81. The van der Waals surface area contributed by atoms with Crippen LogP contribution in [0.3, 0.4) is 0 Å². The summed E-state index contributed by atoms with van der Waals surface area (Å²) in [5.41, 5.74) is 2.46. The lowest BCUT2D eigenvalue weighted by atomic mass is 10.1. The zero-order valence-corrected chi connectivity index (χ0v) is 17.4. The number of esters is 1. The molecule has 8 nitrogen and oxygen atoms in total. The Labute approximate surface area is 169 Å². The van der Waals surface area contributed by atoms with Gasteiger partial charge in [-0.1, -0.05) is 35.5 Å². The van der Waals surface area contributed by atoms with Gasteiger partial charge in [0.1, 0.15) is 0 Å². The maximum absolute atomic E-state index is 13.0. The van der Waals surface area contributed by atoms with E-state index >= 15 is 0 Å². The minimum Gasteiger partial charge on any atom is -0.465 e. The monoisotopic (exact) mass is 415 g/mol. The van der Waals surface area contributed by atoms with E-state index < -0.39 is 16.0 Å². The first-order chi connectivity index (χ1) is 13.7. The molecular formula is C20H21N3O5S. The van der Waals surface area contributed by atoms with Crippen molar-refractivity contribution in [1.29, 1.82) is 0 Å². The van der Waals surface area contributed by atoms with Crippen molar-refractivity contribution in [3.05, 3.63) is 65.0 Å². The van der Waals surface area contributed by atoms with Crippen LogP contribution >= 0.6 is 0 Å². The molecule has 1 aromatic heterocycles. The van der Waals surface area contributed by atoms with Crippen LogP contribution in [-0.4, -0.2) is 43.0 Å². The fraction of sp³-hybridized carbons (Fsp3) is 0.250. The Balaban J connectivity index is 1.87. The number of rotatable bonds is 6. The number of sulfonamides is 1. The Morgan fingerprint density at radius 2 is 1.86 bits per heavy atom. The van der Waals surface area contributed by atoms with Crippen molar-refractivity contribution in [2.45, 2.75) is 25.3 Å². The second-order valence-corrected chi connectivity index (χ2v) is 8.57. The topological polar surface area (TPSA) is 103 Å². The highest BCUT2D eigenvalue weighted by Gasteiger charge is 2.26. The minimum atomic E-state index is -3.90. The van der Waals surface area contributed by atoms with Crippen molar-refractivity contribution in [2.24, 2.45) is 0 Å². The molecule has 1 heterocycles. The number of carbonyl (C=O) groups excluding carboxylic acids is 1. The number of hydrogen-bond acceptors (Lipinski definition) is 7. The number of aryl methyl sites for hydroxylation is 2. The number of methoxy groups -OCH3 is 1. The second kappa shape index (κ2) is 8.14. The molecule has 0 aliphatic heterocycles. The van der Waals surface area contributed by atoms with E-state index in [0.29, 0.717) is 11.4 Å². The van der Waals surface area contributed by atoms with Gasteiger partial charge in [0.05, 0.1) is 24.1 Å². The third-order valence-corrected chi connectivity index (χ3v) is 6.45. The van der Waals surface area contributed by atoms with Crippen LogP contribution in [0.25, 0.3) is 11.4 Å². The summed E-state index contributed by atoms with van der Waals surface area (Å²) in [4.78, 5) is 16.1. The van der Waals surface area contributed by atoms with Crippen molar-refractivity contribution < 1.29 is 22.5 Å². The van der Waals surface area contributed by atoms with Gasteiger partial charge >= 0.3 is 5.97 Å². The third-order valence-electron chi connectivity index (χ3n) is 4.51. The standard InChI is InChI=1S/C20H21N3O5S/c1-13-7-5-6-8-16(13)19-21-18(28-22-19)12-23(3)29(25,26)17-11-15(20(24)27-4)10-9-14(17)2/h5-11H,12H2,1-4H3. The van der Waals surface area contributed by atoms with E-state index in [9.17, 15) is 13.2 Å². The molecule has 29 heavy (non-hydrogen) atoms. The predicted octanol–water partition coefficient (Wildman–Crippen LogP) is 2.96. The molecule has 0 unspecified atom stereocenters. The Morgan fingerprint density at radius 3 is 2.55 bits per heavy atom. The highest BCUT2D eigenvalue weighted by Crippen LogP contribution is 2.24. The number of nitrogens with zero attached hydrogens (tertiary/aromatic N) is 3. The Hall–Kier alpha value is -3.04.